The standard InChI is InChI=1S/C4H9N3O/c1-7(2)6-3-5-4-8/h3-4H,1-2H3,(H,5,6,8). The highest BCUT2D eigenvalue weighted by Crippen LogP contribution is 1.66. The minimum absolute atomic E-state index is 0.562. The zero-order valence-electron chi connectivity index (χ0n) is 4.96. The SMILES string of the molecule is CN(C)N=CNC=O. The maximum absolute atomic E-state index is 9.57. The number of hydrazone groups is 1. The van der Waals surface area contributed by atoms with Crippen LogP contribution in [0.15, 0.2) is 5.10 Å². The summed E-state index contributed by atoms with van der Waals surface area (Å²) in [6.07, 6.45) is 1.88. The molecule has 4 nitrogen and oxygen atoms in total. The molecule has 0 saturated carbocycles. The minimum atomic E-state index is 0.562. The van der Waals surface area contributed by atoms with Gasteiger partial charge in [-0.2, -0.15) is 5.10 Å². The van der Waals surface area contributed by atoms with Crippen LogP contribution >= 0.6 is 0 Å². The number of nitrogens with zero attached hydrogens (tertiary/aromatic N) is 2. The normalized spacial score (nSPS) is 9.25. The van der Waals surface area contributed by atoms with E-state index >= 15 is 0 Å². The Hall–Kier alpha value is -1.06. The van der Waals surface area contributed by atoms with Crippen molar-refractivity contribution >= 4 is 12.7 Å². The van der Waals surface area contributed by atoms with Gasteiger partial charge >= 0.3 is 0 Å². The second-order valence-electron chi connectivity index (χ2n) is 1.38. The maximum atomic E-state index is 9.57. The molecule has 0 fully saturated rings. The molecule has 0 aromatic carbocycles. The number of carbonyl (C=O) groups excluding carboxylic acids is 1. The third-order valence-corrected chi connectivity index (χ3v) is 0.431. The van der Waals surface area contributed by atoms with Gasteiger partial charge in [-0.15, -0.1) is 0 Å². The lowest BCUT2D eigenvalue weighted by Gasteiger charge is -1.99. The van der Waals surface area contributed by atoms with Crippen LogP contribution in [0.1, 0.15) is 0 Å². The molecule has 1 amide bonds. The van der Waals surface area contributed by atoms with Crippen molar-refractivity contribution in [2.24, 2.45) is 5.10 Å². The van der Waals surface area contributed by atoms with Crippen molar-refractivity contribution in [1.82, 2.24) is 10.3 Å². The molecule has 46 valence electrons. The summed E-state index contributed by atoms with van der Waals surface area (Å²) >= 11 is 0. The van der Waals surface area contributed by atoms with Crippen molar-refractivity contribution in [3.63, 3.8) is 0 Å². The summed E-state index contributed by atoms with van der Waals surface area (Å²) in [7, 11) is 3.53. The Morgan fingerprint density at radius 3 is 2.62 bits per heavy atom. The second-order valence-corrected chi connectivity index (χ2v) is 1.38. The van der Waals surface area contributed by atoms with Gasteiger partial charge in [0.05, 0.1) is 0 Å². The molecule has 0 unspecified atom stereocenters. The van der Waals surface area contributed by atoms with Crippen LogP contribution in [-0.2, 0) is 4.79 Å². The number of amides is 1. The molecular formula is C4H9N3O. The van der Waals surface area contributed by atoms with Crippen LogP contribution in [0, 0.1) is 0 Å². The van der Waals surface area contributed by atoms with E-state index in [4.69, 9.17) is 0 Å². The first-order valence-electron chi connectivity index (χ1n) is 2.17. The molecule has 0 aliphatic rings. The predicted octanol–water partition coefficient (Wildman–Crippen LogP) is -0.763. The Morgan fingerprint density at radius 1 is 1.62 bits per heavy atom. The quantitative estimate of drug-likeness (QED) is 0.227. The molecule has 0 spiro atoms. The van der Waals surface area contributed by atoms with E-state index in [0.717, 1.165) is 0 Å². The van der Waals surface area contributed by atoms with E-state index in [1.54, 1.807) is 19.1 Å². The summed E-state index contributed by atoms with van der Waals surface area (Å²) < 4.78 is 0. The molecule has 8 heavy (non-hydrogen) atoms. The number of nitrogens with one attached hydrogen (secondary N) is 1. The summed E-state index contributed by atoms with van der Waals surface area (Å²) in [4.78, 5) is 9.57. The van der Waals surface area contributed by atoms with E-state index < -0.39 is 0 Å². The second kappa shape index (κ2) is 4.11. The first kappa shape index (κ1) is 6.94. The lowest BCUT2D eigenvalue weighted by Crippen LogP contribution is -2.11. The van der Waals surface area contributed by atoms with Gasteiger partial charge in [-0.05, 0) is 0 Å². The largest absolute Gasteiger partial charge is 0.318 e. The third kappa shape index (κ3) is 4.94. The van der Waals surface area contributed by atoms with Gasteiger partial charge in [0.25, 0.3) is 0 Å². The van der Waals surface area contributed by atoms with E-state index in [2.05, 4.69) is 10.4 Å². The summed E-state index contributed by atoms with van der Waals surface area (Å²) in [5.41, 5.74) is 0. The predicted molar refractivity (Wildman–Crippen MR) is 31.4 cm³/mol. The van der Waals surface area contributed by atoms with E-state index in [1.807, 2.05) is 0 Å². The first-order chi connectivity index (χ1) is 3.77. The number of hydrogen-bond donors (Lipinski definition) is 1. The van der Waals surface area contributed by atoms with E-state index in [1.165, 1.54) is 6.34 Å². The van der Waals surface area contributed by atoms with Crippen molar-refractivity contribution < 1.29 is 4.79 Å². The van der Waals surface area contributed by atoms with Crippen LogP contribution in [0.4, 0.5) is 0 Å². The zero-order valence-corrected chi connectivity index (χ0v) is 4.96. The monoisotopic (exact) mass is 115 g/mol. The Kier molecular flexibility index (Phi) is 3.56. The smallest absolute Gasteiger partial charge is 0.212 e. The molecule has 0 aliphatic carbocycles. The highest BCUT2D eigenvalue weighted by molar-refractivity contribution is 5.71. The summed E-state index contributed by atoms with van der Waals surface area (Å²) in [5.74, 6) is 0. The number of rotatable bonds is 3. The molecule has 0 aliphatic heterocycles. The van der Waals surface area contributed by atoms with Gasteiger partial charge in [0.1, 0.15) is 6.34 Å². The number of hydrogen-bond acceptors (Lipinski definition) is 3. The van der Waals surface area contributed by atoms with Crippen LogP contribution in [0.5, 0.6) is 0 Å². The zero-order chi connectivity index (χ0) is 6.41. The molecule has 0 heterocycles. The van der Waals surface area contributed by atoms with Crippen molar-refractivity contribution in [1.29, 1.82) is 0 Å². The summed E-state index contributed by atoms with van der Waals surface area (Å²) in [6.45, 7) is 0. The molecule has 0 aromatic rings. The van der Waals surface area contributed by atoms with Gasteiger partial charge in [0.2, 0.25) is 6.41 Å². The van der Waals surface area contributed by atoms with Crippen LogP contribution in [0.2, 0.25) is 0 Å². The lowest BCUT2D eigenvalue weighted by molar-refractivity contribution is -0.108. The molecule has 0 atom stereocenters. The van der Waals surface area contributed by atoms with E-state index in [9.17, 15) is 4.79 Å². The first-order valence-corrected chi connectivity index (χ1v) is 2.17. The van der Waals surface area contributed by atoms with E-state index in [-0.39, 0.29) is 0 Å². The molecule has 0 rings (SSSR count). The van der Waals surface area contributed by atoms with Crippen molar-refractivity contribution in [2.45, 2.75) is 0 Å². The molecule has 0 saturated heterocycles. The topological polar surface area (TPSA) is 44.7 Å². The summed E-state index contributed by atoms with van der Waals surface area (Å²) in [5, 5.41) is 7.53. The molecule has 4 heteroatoms. The van der Waals surface area contributed by atoms with Crippen molar-refractivity contribution in [3.05, 3.63) is 0 Å². The fraction of sp³-hybridized carbons (Fsp3) is 0.500. The Morgan fingerprint density at radius 2 is 2.25 bits per heavy atom. The Bertz CT molecular complexity index is 89.3. The van der Waals surface area contributed by atoms with Gasteiger partial charge < -0.3 is 10.3 Å². The average molecular weight is 115 g/mol. The molecular weight excluding hydrogens is 106 g/mol. The fourth-order valence-corrected chi connectivity index (χ4v) is 0.179. The third-order valence-electron chi connectivity index (χ3n) is 0.431. The molecule has 1 N–H and O–H groups in total. The highest BCUT2D eigenvalue weighted by atomic mass is 16.1. The maximum Gasteiger partial charge on any atom is 0.212 e. The average Bonchev–Trinajstić information content (AvgIpc) is 1.66. The van der Waals surface area contributed by atoms with Crippen LogP contribution < -0.4 is 5.32 Å². The molecule has 0 aromatic heterocycles. The van der Waals surface area contributed by atoms with Crippen LogP contribution in [0.3, 0.4) is 0 Å². The molecule has 0 radical (unpaired) electrons. The fourth-order valence-electron chi connectivity index (χ4n) is 0.179. The number of carbonyl (C=O) groups is 1. The van der Waals surface area contributed by atoms with Crippen molar-refractivity contribution in [3.8, 4) is 0 Å². The van der Waals surface area contributed by atoms with Gasteiger partial charge in [-0.3, -0.25) is 4.79 Å². The molecule has 0 bridgehead atoms. The highest BCUT2D eigenvalue weighted by Gasteiger charge is 1.71. The Balaban J connectivity index is 3.19. The van der Waals surface area contributed by atoms with Gasteiger partial charge in [-0.25, -0.2) is 0 Å². The van der Waals surface area contributed by atoms with Gasteiger partial charge in [-0.1, -0.05) is 0 Å². The lowest BCUT2D eigenvalue weighted by atomic mass is 11.1. The van der Waals surface area contributed by atoms with Crippen LogP contribution in [0.25, 0.3) is 0 Å². The van der Waals surface area contributed by atoms with E-state index in [0.29, 0.717) is 6.41 Å². The van der Waals surface area contributed by atoms with Gasteiger partial charge in [0.15, 0.2) is 0 Å². The van der Waals surface area contributed by atoms with Crippen molar-refractivity contribution in [2.75, 3.05) is 14.1 Å². The van der Waals surface area contributed by atoms with Gasteiger partial charge in [0, 0.05) is 14.1 Å². The minimum Gasteiger partial charge on any atom is -0.318 e. The van der Waals surface area contributed by atoms with Crippen LogP contribution in [-0.4, -0.2) is 31.9 Å². The Labute approximate surface area is 48.2 Å². The summed E-state index contributed by atoms with van der Waals surface area (Å²) in [6, 6.07) is 0.